The second-order valence-electron chi connectivity index (χ2n) is 5.13. The van der Waals surface area contributed by atoms with Crippen LogP contribution in [0.4, 0.5) is 10.5 Å². The molecule has 1 atom stereocenters. The Morgan fingerprint density at radius 3 is 2.58 bits per heavy atom. The molecule has 24 heavy (non-hydrogen) atoms. The minimum absolute atomic E-state index is 0.229. The Morgan fingerprint density at radius 1 is 1.17 bits per heavy atom. The van der Waals surface area contributed by atoms with E-state index in [1.807, 2.05) is 12.1 Å². The van der Waals surface area contributed by atoms with Gasteiger partial charge in [0.25, 0.3) is 0 Å². The lowest BCUT2D eigenvalue weighted by molar-refractivity contribution is 0.249. The molecule has 1 unspecified atom stereocenters. The van der Waals surface area contributed by atoms with Crippen LogP contribution in [0.2, 0.25) is 0 Å². The lowest BCUT2D eigenvalue weighted by Gasteiger charge is -2.12. The number of nitriles is 2. The number of urea groups is 1. The summed E-state index contributed by atoms with van der Waals surface area (Å²) < 4.78 is 5.70. The minimum Gasteiger partial charge on any atom is -0.457 e. The van der Waals surface area contributed by atoms with Gasteiger partial charge in [0.15, 0.2) is 0 Å². The molecule has 0 spiro atoms. The molecule has 6 heteroatoms. The zero-order valence-electron chi connectivity index (χ0n) is 13.1. The van der Waals surface area contributed by atoms with Crippen LogP contribution < -0.4 is 15.4 Å². The van der Waals surface area contributed by atoms with Crippen molar-refractivity contribution in [2.75, 3.05) is 5.32 Å². The summed E-state index contributed by atoms with van der Waals surface area (Å²) in [4.78, 5) is 11.8. The van der Waals surface area contributed by atoms with Gasteiger partial charge >= 0.3 is 6.03 Å². The number of carbonyl (C=O) groups excluding carboxylic acids is 1. The highest BCUT2D eigenvalue weighted by Crippen LogP contribution is 2.24. The van der Waals surface area contributed by atoms with E-state index in [1.54, 1.807) is 55.5 Å². The SMILES string of the molecule is CC(CC#N)NC(=O)Nc1cccc(Oc2ccc(C#N)cc2)c1. The predicted octanol–water partition coefficient (Wildman–Crippen LogP) is 3.77. The van der Waals surface area contributed by atoms with Gasteiger partial charge in [-0.2, -0.15) is 10.5 Å². The molecule has 0 bridgehead atoms. The maximum Gasteiger partial charge on any atom is 0.319 e. The molecule has 0 saturated carbocycles. The largest absolute Gasteiger partial charge is 0.457 e. The van der Waals surface area contributed by atoms with Gasteiger partial charge in [0, 0.05) is 17.8 Å². The number of nitrogens with one attached hydrogen (secondary N) is 2. The summed E-state index contributed by atoms with van der Waals surface area (Å²) in [6.45, 7) is 1.76. The molecule has 0 fully saturated rings. The average Bonchev–Trinajstić information content (AvgIpc) is 2.56. The van der Waals surface area contributed by atoms with Gasteiger partial charge in [-0.1, -0.05) is 6.07 Å². The minimum atomic E-state index is -0.381. The first-order chi connectivity index (χ1) is 11.6. The highest BCUT2D eigenvalue weighted by Gasteiger charge is 2.07. The average molecular weight is 320 g/mol. The molecule has 6 nitrogen and oxygen atoms in total. The molecule has 120 valence electrons. The number of ether oxygens (including phenoxy) is 1. The van der Waals surface area contributed by atoms with E-state index in [-0.39, 0.29) is 18.5 Å². The topological polar surface area (TPSA) is 97.9 Å². The van der Waals surface area contributed by atoms with E-state index < -0.39 is 0 Å². The Hall–Kier alpha value is -3.51. The third kappa shape index (κ3) is 5.04. The Kier molecular flexibility index (Phi) is 5.76. The summed E-state index contributed by atoms with van der Waals surface area (Å²) in [7, 11) is 0. The second kappa shape index (κ2) is 8.21. The molecule has 0 saturated heterocycles. The van der Waals surface area contributed by atoms with Gasteiger partial charge in [0.1, 0.15) is 11.5 Å². The summed E-state index contributed by atoms with van der Waals surface area (Å²) in [5.41, 5.74) is 1.13. The standard InChI is InChI=1S/C18H16N4O2/c1-13(9-10-19)21-18(23)22-15-3-2-4-17(11-15)24-16-7-5-14(12-20)6-8-16/h2-8,11,13H,9H2,1H3,(H2,21,22,23). The predicted molar refractivity (Wildman–Crippen MR) is 89.5 cm³/mol. The smallest absolute Gasteiger partial charge is 0.319 e. The Balaban J connectivity index is 1.99. The molecule has 2 aromatic rings. The fraction of sp³-hybridized carbons (Fsp3) is 0.167. The lowest BCUT2D eigenvalue weighted by atomic mass is 10.2. The van der Waals surface area contributed by atoms with Crippen LogP contribution in [0.25, 0.3) is 0 Å². The van der Waals surface area contributed by atoms with Crippen LogP contribution in [-0.4, -0.2) is 12.1 Å². The summed E-state index contributed by atoms with van der Waals surface area (Å²) in [5.74, 6) is 1.15. The van der Waals surface area contributed by atoms with E-state index in [4.69, 9.17) is 15.3 Å². The van der Waals surface area contributed by atoms with Crippen molar-refractivity contribution in [2.24, 2.45) is 0 Å². The number of anilines is 1. The first-order valence-electron chi connectivity index (χ1n) is 7.33. The van der Waals surface area contributed by atoms with Crippen LogP contribution in [-0.2, 0) is 0 Å². The van der Waals surface area contributed by atoms with Gasteiger partial charge in [-0.15, -0.1) is 0 Å². The van der Waals surface area contributed by atoms with Crippen molar-refractivity contribution in [1.82, 2.24) is 5.32 Å². The summed E-state index contributed by atoms with van der Waals surface area (Å²) in [6.07, 6.45) is 0.245. The van der Waals surface area contributed by atoms with Gasteiger partial charge in [-0.25, -0.2) is 4.79 Å². The van der Waals surface area contributed by atoms with Crippen LogP contribution in [0, 0.1) is 22.7 Å². The van der Waals surface area contributed by atoms with Crippen LogP contribution in [0.15, 0.2) is 48.5 Å². The molecule has 0 aliphatic carbocycles. The van der Waals surface area contributed by atoms with Crippen molar-refractivity contribution in [3.8, 4) is 23.6 Å². The van der Waals surface area contributed by atoms with Crippen molar-refractivity contribution in [3.63, 3.8) is 0 Å². The number of carbonyl (C=O) groups is 1. The first-order valence-corrected chi connectivity index (χ1v) is 7.33. The fourth-order valence-electron chi connectivity index (χ4n) is 1.95. The molecule has 2 rings (SSSR count). The van der Waals surface area contributed by atoms with Crippen molar-refractivity contribution in [2.45, 2.75) is 19.4 Å². The Labute approximate surface area is 140 Å². The quantitative estimate of drug-likeness (QED) is 0.876. The van der Waals surface area contributed by atoms with Crippen molar-refractivity contribution >= 4 is 11.7 Å². The number of benzene rings is 2. The highest BCUT2D eigenvalue weighted by atomic mass is 16.5. The molecule has 2 N–H and O–H groups in total. The molecule has 2 amide bonds. The maximum absolute atomic E-state index is 11.8. The number of hydrogen-bond donors (Lipinski definition) is 2. The second-order valence-corrected chi connectivity index (χ2v) is 5.13. The first kappa shape index (κ1) is 16.9. The fourth-order valence-corrected chi connectivity index (χ4v) is 1.95. The number of hydrogen-bond acceptors (Lipinski definition) is 4. The van der Waals surface area contributed by atoms with Crippen molar-refractivity contribution < 1.29 is 9.53 Å². The van der Waals surface area contributed by atoms with E-state index in [1.165, 1.54) is 0 Å². The van der Waals surface area contributed by atoms with E-state index in [2.05, 4.69) is 10.6 Å². The van der Waals surface area contributed by atoms with E-state index in [0.29, 0.717) is 22.7 Å². The molecular weight excluding hydrogens is 304 g/mol. The molecule has 0 radical (unpaired) electrons. The van der Waals surface area contributed by atoms with Gasteiger partial charge in [0.05, 0.1) is 24.1 Å². The normalized spacial score (nSPS) is 10.8. The molecular formula is C18H16N4O2. The van der Waals surface area contributed by atoms with Gasteiger partial charge < -0.3 is 15.4 Å². The molecule has 2 aromatic carbocycles. The third-order valence-electron chi connectivity index (χ3n) is 3.09. The molecule has 0 aromatic heterocycles. The van der Waals surface area contributed by atoms with Gasteiger partial charge in [0.2, 0.25) is 0 Å². The molecule has 0 aliphatic rings. The monoisotopic (exact) mass is 320 g/mol. The van der Waals surface area contributed by atoms with E-state index in [0.717, 1.165) is 0 Å². The van der Waals surface area contributed by atoms with Crippen LogP contribution in [0.1, 0.15) is 18.9 Å². The zero-order valence-corrected chi connectivity index (χ0v) is 13.1. The number of rotatable bonds is 5. The molecule has 0 heterocycles. The lowest BCUT2D eigenvalue weighted by Crippen LogP contribution is -2.35. The van der Waals surface area contributed by atoms with Crippen molar-refractivity contribution in [3.05, 3.63) is 54.1 Å². The van der Waals surface area contributed by atoms with Crippen LogP contribution in [0.5, 0.6) is 11.5 Å². The van der Waals surface area contributed by atoms with Crippen molar-refractivity contribution in [1.29, 1.82) is 10.5 Å². The van der Waals surface area contributed by atoms with E-state index in [9.17, 15) is 4.79 Å². The van der Waals surface area contributed by atoms with Crippen LogP contribution >= 0.6 is 0 Å². The highest BCUT2D eigenvalue weighted by molar-refractivity contribution is 5.89. The zero-order chi connectivity index (χ0) is 17.4. The van der Waals surface area contributed by atoms with Gasteiger partial charge in [-0.3, -0.25) is 0 Å². The Morgan fingerprint density at radius 2 is 1.92 bits per heavy atom. The van der Waals surface area contributed by atoms with Gasteiger partial charge in [-0.05, 0) is 43.3 Å². The van der Waals surface area contributed by atoms with Crippen LogP contribution in [0.3, 0.4) is 0 Å². The Bertz CT molecular complexity index is 788. The summed E-state index contributed by atoms with van der Waals surface area (Å²) >= 11 is 0. The number of amides is 2. The summed E-state index contributed by atoms with van der Waals surface area (Å²) in [6, 6.07) is 17.1. The molecule has 0 aliphatic heterocycles. The number of nitrogens with zero attached hydrogens (tertiary/aromatic N) is 2. The maximum atomic E-state index is 11.8. The van der Waals surface area contributed by atoms with E-state index >= 15 is 0 Å². The summed E-state index contributed by atoms with van der Waals surface area (Å²) in [5, 5.41) is 22.7. The third-order valence-corrected chi connectivity index (χ3v) is 3.09.